The van der Waals surface area contributed by atoms with E-state index in [4.69, 9.17) is 16.7 Å². The van der Waals surface area contributed by atoms with Crippen molar-refractivity contribution in [1.82, 2.24) is 0 Å². The average Bonchev–Trinajstić information content (AvgIpc) is 2.26. The molecule has 0 aliphatic carbocycles. The van der Waals surface area contributed by atoms with Crippen molar-refractivity contribution in [2.45, 2.75) is 34.3 Å². The summed E-state index contributed by atoms with van der Waals surface area (Å²) in [5.74, 6) is 1.22. The minimum atomic E-state index is -0.00647. The van der Waals surface area contributed by atoms with Gasteiger partial charge in [0, 0.05) is 23.8 Å². The van der Waals surface area contributed by atoms with Crippen LogP contribution >= 0.6 is 11.6 Å². The van der Waals surface area contributed by atoms with E-state index in [1.54, 1.807) is 0 Å². The number of benzene rings is 1. The van der Waals surface area contributed by atoms with E-state index < -0.39 is 0 Å². The molecule has 0 aliphatic heterocycles. The molecule has 0 amide bonds. The van der Waals surface area contributed by atoms with Crippen LogP contribution in [0.2, 0.25) is 5.02 Å². The van der Waals surface area contributed by atoms with Crippen LogP contribution < -0.4 is 4.90 Å². The predicted octanol–water partition coefficient (Wildman–Crippen LogP) is 3.95. The van der Waals surface area contributed by atoms with Crippen molar-refractivity contribution >= 4 is 17.3 Å². The topological polar surface area (TPSA) is 23.5 Å². The van der Waals surface area contributed by atoms with Crippen LogP contribution in [0.1, 0.15) is 33.3 Å². The van der Waals surface area contributed by atoms with Gasteiger partial charge in [-0.3, -0.25) is 0 Å². The van der Waals surface area contributed by atoms with E-state index in [1.807, 2.05) is 18.2 Å². The summed E-state index contributed by atoms with van der Waals surface area (Å²) < 4.78 is 0. The lowest BCUT2D eigenvalue weighted by Gasteiger charge is -2.29. The van der Waals surface area contributed by atoms with Crippen molar-refractivity contribution in [2.24, 2.45) is 11.8 Å². The molecule has 0 aromatic heterocycles. The second kappa shape index (κ2) is 7.01. The Balaban J connectivity index is 2.93. The van der Waals surface area contributed by atoms with Crippen molar-refractivity contribution in [3.8, 4) is 0 Å². The lowest BCUT2D eigenvalue weighted by molar-refractivity contribution is 0.282. The van der Waals surface area contributed by atoms with Crippen LogP contribution in [0.5, 0.6) is 0 Å². The van der Waals surface area contributed by atoms with Crippen LogP contribution in [0, 0.1) is 11.8 Å². The third kappa shape index (κ3) is 4.51. The van der Waals surface area contributed by atoms with Crippen LogP contribution in [-0.2, 0) is 6.61 Å². The van der Waals surface area contributed by atoms with Gasteiger partial charge in [-0.25, -0.2) is 0 Å². The molecule has 0 bridgehead atoms. The van der Waals surface area contributed by atoms with Crippen LogP contribution in [-0.4, -0.2) is 18.2 Å². The molecule has 0 heterocycles. The summed E-state index contributed by atoms with van der Waals surface area (Å²) in [6, 6.07) is 5.91. The van der Waals surface area contributed by atoms with Gasteiger partial charge in [-0.05, 0) is 29.5 Å². The van der Waals surface area contributed by atoms with Gasteiger partial charge in [-0.15, -0.1) is 0 Å². The molecule has 0 fully saturated rings. The first-order valence-corrected chi connectivity index (χ1v) is 6.96. The maximum atomic E-state index is 9.14. The normalized spacial score (nSPS) is 11.3. The number of nitrogens with zero attached hydrogens (tertiary/aromatic N) is 1. The standard InChI is InChI=1S/C15H24ClNO/c1-11(2)8-17(9-12(3)4)14-6-5-13(10-18)15(16)7-14/h5-7,11-12,18H,8-10H2,1-4H3. The Bertz CT molecular complexity index is 367. The van der Waals surface area contributed by atoms with Crippen molar-refractivity contribution in [1.29, 1.82) is 0 Å². The summed E-state index contributed by atoms with van der Waals surface area (Å²) in [4.78, 5) is 2.36. The zero-order chi connectivity index (χ0) is 13.7. The van der Waals surface area contributed by atoms with Crippen molar-refractivity contribution in [3.63, 3.8) is 0 Å². The SMILES string of the molecule is CC(C)CN(CC(C)C)c1ccc(CO)c(Cl)c1. The molecular weight excluding hydrogens is 246 g/mol. The molecule has 0 spiro atoms. The summed E-state index contributed by atoms with van der Waals surface area (Å²) in [6.07, 6.45) is 0. The quantitative estimate of drug-likeness (QED) is 0.845. The Morgan fingerprint density at radius 2 is 1.67 bits per heavy atom. The summed E-state index contributed by atoms with van der Waals surface area (Å²) in [7, 11) is 0. The highest BCUT2D eigenvalue weighted by molar-refractivity contribution is 6.31. The van der Waals surface area contributed by atoms with Crippen molar-refractivity contribution < 1.29 is 5.11 Å². The number of anilines is 1. The van der Waals surface area contributed by atoms with Gasteiger partial charge in [-0.1, -0.05) is 45.4 Å². The second-order valence-electron chi connectivity index (χ2n) is 5.63. The van der Waals surface area contributed by atoms with Crippen LogP contribution in [0.4, 0.5) is 5.69 Å². The predicted molar refractivity (Wildman–Crippen MR) is 79.3 cm³/mol. The fourth-order valence-electron chi connectivity index (χ4n) is 2.03. The van der Waals surface area contributed by atoms with E-state index in [1.165, 1.54) is 0 Å². The fraction of sp³-hybridized carbons (Fsp3) is 0.600. The zero-order valence-corrected chi connectivity index (χ0v) is 12.5. The van der Waals surface area contributed by atoms with E-state index in [2.05, 4.69) is 32.6 Å². The van der Waals surface area contributed by atoms with Gasteiger partial charge < -0.3 is 10.0 Å². The lowest BCUT2D eigenvalue weighted by Crippen LogP contribution is -2.31. The van der Waals surface area contributed by atoms with Gasteiger partial charge in [-0.2, -0.15) is 0 Å². The lowest BCUT2D eigenvalue weighted by atomic mass is 10.1. The fourth-order valence-corrected chi connectivity index (χ4v) is 2.26. The number of halogens is 1. The molecule has 1 aromatic rings. The molecule has 0 atom stereocenters. The molecule has 0 aliphatic rings. The molecule has 0 unspecified atom stereocenters. The van der Waals surface area contributed by atoms with Crippen LogP contribution in [0.15, 0.2) is 18.2 Å². The Morgan fingerprint density at radius 1 is 1.11 bits per heavy atom. The van der Waals surface area contributed by atoms with E-state index in [0.717, 1.165) is 24.3 Å². The van der Waals surface area contributed by atoms with Crippen molar-refractivity contribution in [3.05, 3.63) is 28.8 Å². The largest absolute Gasteiger partial charge is 0.392 e. The summed E-state index contributed by atoms with van der Waals surface area (Å²) >= 11 is 6.16. The third-order valence-corrected chi connectivity index (χ3v) is 3.10. The Labute approximate surface area is 116 Å². The number of hydrogen-bond donors (Lipinski definition) is 1. The van der Waals surface area contributed by atoms with Gasteiger partial charge in [0.15, 0.2) is 0 Å². The highest BCUT2D eigenvalue weighted by Gasteiger charge is 2.12. The number of hydrogen-bond acceptors (Lipinski definition) is 2. The minimum Gasteiger partial charge on any atom is -0.392 e. The van der Waals surface area contributed by atoms with Crippen molar-refractivity contribution in [2.75, 3.05) is 18.0 Å². The Kier molecular flexibility index (Phi) is 5.97. The first kappa shape index (κ1) is 15.3. The number of rotatable bonds is 6. The Morgan fingerprint density at radius 3 is 2.06 bits per heavy atom. The molecule has 1 aromatic carbocycles. The number of aliphatic hydroxyl groups is 1. The molecule has 18 heavy (non-hydrogen) atoms. The molecule has 1 rings (SSSR count). The Hall–Kier alpha value is -0.730. The maximum Gasteiger partial charge on any atom is 0.0696 e. The maximum absolute atomic E-state index is 9.14. The third-order valence-electron chi connectivity index (χ3n) is 2.74. The van der Waals surface area contributed by atoms with Gasteiger partial charge in [0.05, 0.1) is 6.61 Å². The van der Waals surface area contributed by atoms with Gasteiger partial charge >= 0.3 is 0 Å². The zero-order valence-electron chi connectivity index (χ0n) is 11.8. The molecule has 1 N–H and O–H groups in total. The smallest absolute Gasteiger partial charge is 0.0696 e. The second-order valence-corrected chi connectivity index (χ2v) is 6.03. The van der Waals surface area contributed by atoms with Crippen LogP contribution in [0.3, 0.4) is 0 Å². The molecule has 0 saturated heterocycles. The van der Waals surface area contributed by atoms with E-state index in [-0.39, 0.29) is 6.61 Å². The molecule has 3 heteroatoms. The summed E-state index contributed by atoms with van der Waals surface area (Å²) in [5, 5.41) is 9.79. The van der Waals surface area contributed by atoms with Gasteiger partial charge in [0.2, 0.25) is 0 Å². The monoisotopic (exact) mass is 269 g/mol. The summed E-state index contributed by atoms with van der Waals surface area (Å²) in [6.45, 7) is 10.9. The molecule has 2 nitrogen and oxygen atoms in total. The molecule has 0 saturated carbocycles. The number of aliphatic hydroxyl groups excluding tert-OH is 1. The molecular formula is C15H24ClNO. The first-order valence-electron chi connectivity index (χ1n) is 6.58. The first-order chi connectivity index (χ1) is 8.43. The van der Waals surface area contributed by atoms with E-state index in [0.29, 0.717) is 16.9 Å². The van der Waals surface area contributed by atoms with E-state index in [9.17, 15) is 0 Å². The average molecular weight is 270 g/mol. The van der Waals surface area contributed by atoms with Gasteiger partial charge in [0.25, 0.3) is 0 Å². The summed E-state index contributed by atoms with van der Waals surface area (Å²) in [5.41, 5.74) is 1.93. The molecule has 0 radical (unpaired) electrons. The van der Waals surface area contributed by atoms with Crippen LogP contribution in [0.25, 0.3) is 0 Å². The molecule has 102 valence electrons. The highest BCUT2D eigenvalue weighted by atomic mass is 35.5. The minimum absolute atomic E-state index is 0.00647. The highest BCUT2D eigenvalue weighted by Crippen LogP contribution is 2.25. The van der Waals surface area contributed by atoms with E-state index >= 15 is 0 Å². The van der Waals surface area contributed by atoms with Gasteiger partial charge in [0.1, 0.15) is 0 Å².